The third-order valence-corrected chi connectivity index (χ3v) is 12.2. The van der Waals surface area contributed by atoms with Crippen LogP contribution in [-0.4, -0.2) is 79.2 Å². The zero-order valence-corrected chi connectivity index (χ0v) is 33.9. The summed E-state index contributed by atoms with van der Waals surface area (Å²) in [6.07, 6.45) is 5.63. The van der Waals surface area contributed by atoms with Crippen molar-refractivity contribution in [3.8, 4) is 39.3 Å². The van der Waals surface area contributed by atoms with Gasteiger partial charge in [0.1, 0.15) is 35.6 Å². The molecular formula is C45H51N7O6. The summed E-state index contributed by atoms with van der Waals surface area (Å²) in [6, 6.07) is 18.2. The van der Waals surface area contributed by atoms with Crippen LogP contribution in [0.2, 0.25) is 0 Å². The lowest BCUT2D eigenvalue weighted by Gasteiger charge is -2.35. The SMILES string of the molecule is COC(=O)NC(C(=O)N1CCCC1c1ncc(-c2ccc3c(c2)OCc2cc(-c4ccc5nc(C6[C@H]7CCC(C7)N6C(=O)OC(C)(C)C)[nH]c5c4)ccc2-3)[nH]1)C(C)C. The normalized spacial score (nSPS) is 21.5. The molecule has 5 atom stereocenters. The number of imidazole rings is 2. The number of alkyl carbamates (subject to hydrolysis) is 1. The lowest BCUT2D eigenvalue weighted by Crippen LogP contribution is -2.51. The number of carbonyl (C=O) groups excluding carboxylic acids is 3. The zero-order chi connectivity index (χ0) is 40.5. The van der Waals surface area contributed by atoms with Crippen LogP contribution in [0.15, 0.2) is 60.8 Å². The van der Waals surface area contributed by atoms with E-state index in [9.17, 15) is 14.4 Å². The Bertz CT molecular complexity index is 2410. The number of rotatable bonds is 7. The number of hydrogen-bond donors (Lipinski definition) is 3. The van der Waals surface area contributed by atoms with E-state index >= 15 is 0 Å². The van der Waals surface area contributed by atoms with Gasteiger partial charge in [0.05, 0.1) is 42.1 Å². The molecule has 5 aromatic rings. The highest BCUT2D eigenvalue weighted by molar-refractivity contribution is 5.87. The first-order valence-corrected chi connectivity index (χ1v) is 20.5. The molecule has 5 heterocycles. The number of nitrogens with zero attached hydrogens (tertiary/aromatic N) is 4. The Kier molecular flexibility index (Phi) is 9.44. The van der Waals surface area contributed by atoms with Crippen molar-refractivity contribution in [2.45, 2.75) is 103 Å². The Hall–Kier alpha value is -5.85. The highest BCUT2D eigenvalue weighted by atomic mass is 16.6. The number of carbonyl (C=O) groups is 3. The van der Waals surface area contributed by atoms with Gasteiger partial charge in [-0.2, -0.15) is 0 Å². The van der Waals surface area contributed by atoms with Crippen molar-refractivity contribution >= 4 is 29.1 Å². The molecule has 2 bridgehead atoms. The van der Waals surface area contributed by atoms with E-state index in [1.165, 1.54) is 7.11 Å². The topological polar surface area (TPSA) is 155 Å². The first kappa shape index (κ1) is 37.7. The average molecular weight is 786 g/mol. The highest BCUT2D eigenvalue weighted by Crippen LogP contribution is 2.50. The Morgan fingerprint density at radius 3 is 2.50 bits per heavy atom. The zero-order valence-electron chi connectivity index (χ0n) is 33.9. The fourth-order valence-electron chi connectivity index (χ4n) is 9.45. The molecule has 2 saturated heterocycles. The number of likely N-dealkylation sites (tertiary alicyclic amines) is 2. The van der Waals surface area contributed by atoms with E-state index in [0.717, 1.165) is 99.6 Å². The number of benzene rings is 3. The number of piperidine rings is 1. The van der Waals surface area contributed by atoms with E-state index < -0.39 is 17.7 Å². The maximum absolute atomic E-state index is 13.6. The molecule has 3 N–H and O–H groups in total. The smallest absolute Gasteiger partial charge is 0.411 e. The monoisotopic (exact) mass is 785 g/mol. The molecule has 0 spiro atoms. The quantitative estimate of drug-likeness (QED) is 0.148. The number of ether oxygens (including phenoxy) is 3. The van der Waals surface area contributed by atoms with Gasteiger partial charge in [0, 0.05) is 23.7 Å². The van der Waals surface area contributed by atoms with Crippen LogP contribution < -0.4 is 10.1 Å². The van der Waals surface area contributed by atoms with Gasteiger partial charge in [0.25, 0.3) is 0 Å². The summed E-state index contributed by atoms with van der Waals surface area (Å²) in [5.74, 6) is 2.47. The summed E-state index contributed by atoms with van der Waals surface area (Å²) in [4.78, 5) is 59.5. The van der Waals surface area contributed by atoms with E-state index in [-0.39, 0.29) is 36.0 Å². The van der Waals surface area contributed by atoms with E-state index in [4.69, 9.17) is 24.2 Å². The van der Waals surface area contributed by atoms with Crippen LogP contribution in [0.4, 0.5) is 9.59 Å². The summed E-state index contributed by atoms with van der Waals surface area (Å²) < 4.78 is 17.0. The fraction of sp³-hybridized carbons (Fsp3) is 0.444. The second-order valence-corrected chi connectivity index (χ2v) is 17.5. The maximum atomic E-state index is 13.6. The van der Waals surface area contributed by atoms with Crippen LogP contribution in [0.5, 0.6) is 5.75 Å². The largest absolute Gasteiger partial charge is 0.488 e. The first-order chi connectivity index (χ1) is 27.8. The number of fused-ring (bicyclic) bond motifs is 6. The lowest BCUT2D eigenvalue weighted by atomic mass is 9.92. The molecule has 302 valence electrons. The minimum atomic E-state index is -0.691. The van der Waals surface area contributed by atoms with Gasteiger partial charge in [-0.3, -0.25) is 9.69 Å². The summed E-state index contributed by atoms with van der Waals surface area (Å²) in [5, 5.41) is 2.71. The molecule has 2 aromatic heterocycles. The standard InChI is InChI=1S/C45H51N7O6/c1-24(2)38(50-43(54)56-6)42(53)51-17-7-8-36(51)40-46-22-35(49-40)27-11-15-32-31-14-10-25(18-29(31)23-57-37(32)21-27)26-12-16-33-34(20-26)48-41(47-33)39-28-9-13-30(19-28)52(39)44(55)58-45(3,4)5/h10-12,14-16,18,20-22,24,28,30,36,38-39H,7-9,13,17,19,23H2,1-6H3,(H,46,49)(H,47,48)(H,50,54)/t28-,30?,36?,38?,39?/m0/s1. The van der Waals surface area contributed by atoms with E-state index in [2.05, 4.69) is 63.8 Å². The number of aromatic amines is 2. The summed E-state index contributed by atoms with van der Waals surface area (Å²) in [7, 11) is 1.30. The Morgan fingerprint density at radius 2 is 1.71 bits per heavy atom. The molecule has 4 aliphatic rings. The number of aromatic nitrogens is 4. The number of H-pyrrole nitrogens is 2. The predicted molar refractivity (Wildman–Crippen MR) is 219 cm³/mol. The van der Waals surface area contributed by atoms with Gasteiger partial charge in [-0.25, -0.2) is 19.6 Å². The summed E-state index contributed by atoms with van der Waals surface area (Å²) in [6.45, 7) is 10.6. The van der Waals surface area contributed by atoms with Crippen molar-refractivity contribution in [1.82, 2.24) is 35.1 Å². The summed E-state index contributed by atoms with van der Waals surface area (Å²) in [5.41, 5.74) is 8.45. The Morgan fingerprint density at radius 1 is 0.931 bits per heavy atom. The van der Waals surface area contributed by atoms with Gasteiger partial charge in [0.15, 0.2) is 0 Å². The van der Waals surface area contributed by atoms with Crippen molar-refractivity contribution < 1.29 is 28.6 Å². The van der Waals surface area contributed by atoms with Gasteiger partial charge in [-0.15, -0.1) is 0 Å². The molecule has 13 heteroatoms. The third-order valence-electron chi connectivity index (χ3n) is 12.2. The predicted octanol–water partition coefficient (Wildman–Crippen LogP) is 8.68. The molecular weight excluding hydrogens is 735 g/mol. The van der Waals surface area contributed by atoms with Crippen LogP contribution in [0.25, 0.3) is 44.5 Å². The molecule has 1 saturated carbocycles. The average Bonchev–Trinajstić information content (AvgIpc) is 4.06. The van der Waals surface area contributed by atoms with Crippen molar-refractivity contribution in [2.24, 2.45) is 11.8 Å². The fourth-order valence-corrected chi connectivity index (χ4v) is 9.45. The van der Waals surface area contributed by atoms with Crippen molar-refractivity contribution in [1.29, 1.82) is 0 Å². The third kappa shape index (κ3) is 6.83. The van der Waals surface area contributed by atoms with Crippen molar-refractivity contribution in [3.63, 3.8) is 0 Å². The van der Waals surface area contributed by atoms with E-state index in [0.29, 0.717) is 19.1 Å². The molecule has 4 unspecified atom stereocenters. The van der Waals surface area contributed by atoms with Gasteiger partial charge in [-0.1, -0.05) is 38.1 Å². The van der Waals surface area contributed by atoms with Crippen LogP contribution in [0.1, 0.15) is 96.0 Å². The number of amides is 3. The Labute approximate surface area is 337 Å². The Balaban J connectivity index is 0.921. The summed E-state index contributed by atoms with van der Waals surface area (Å²) >= 11 is 0. The van der Waals surface area contributed by atoms with Gasteiger partial charge in [0.2, 0.25) is 5.91 Å². The molecule has 9 rings (SSSR count). The molecule has 1 aliphatic carbocycles. The number of hydrogen-bond acceptors (Lipinski definition) is 8. The van der Waals surface area contributed by atoms with Gasteiger partial charge >= 0.3 is 12.2 Å². The van der Waals surface area contributed by atoms with Crippen molar-refractivity contribution in [2.75, 3.05) is 13.7 Å². The first-order valence-electron chi connectivity index (χ1n) is 20.5. The maximum Gasteiger partial charge on any atom is 0.411 e. The molecule has 13 nitrogen and oxygen atoms in total. The van der Waals surface area contributed by atoms with E-state index in [1.54, 1.807) is 0 Å². The molecule has 0 radical (unpaired) electrons. The van der Waals surface area contributed by atoms with Gasteiger partial charge < -0.3 is 34.4 Å². The van der Waals surface area contributed by atoms with Crippen LogP contribution in [0, 0.1) is 11.8 Å². The van der Waals surface area contributed by atoms with Crippen molar-refractivity contribution in [3.05, 3.63) is 78.0 Å². The lowest BCUT2D eigenvalue weighted by molar-refractivity contribution is -0.135. The minimum absolute atomic E-state index is 0.106. The number of methoxy groups -OCH3 is 1. The molecule has 3 aromatic carbocycles. The van der Waals surface area contributed by atoms with Crippen LogP contribution >= 0.6 is 0 Å². The highest BCUT2D eigenvalue weighted by Gasteiger charge is 2.51. The molecule has 3 aliphatic heterocycles. The van der Waals surface area contributed by atoms with Gasteiger partial charge in [-0.05, 0) is 117 Å². The molecule has 58 heavy (non-hydrogen) atoms. The van der Waals surface area contributed by atoms with E-state index in [1.807, 2.05) is 56.7 Å². The number of nitrogens with one attached hydrogen (secondary N) is 3. The second kappa shape index (κ2) is 14.5. The minimum Gasteiger partial charge on any atom is -0.488 e. The second-order valence-electron chi connectivity index (χ2n) is 17.5. The molecule has 3 amide bonds. The van der Waals surface area contributed by atoms with Crippen LogP contribution in [-0.2, 0) is 20.9 Å². The molecule has 3 fully saturated rings. The van der Waals surface area contributed by atoms with Crippen LogP contribution in [0.3, 0.4) is 0 Å².